The molecule has 174 valence electrons. The average Bonchev–Trinajstić information content (AvgIpc) is 2.73. The number of nitrogens with one attached hydrogen (secondary N) is 1. The zero-order chi connectivity index (χ0) is 24.2. The number of carbonyl (C=O) groups is 1. The van der Waals surface area contributed by atoms with Crippen molar-refractivity contribution in [3.8, 4) is 0 Å². The highest BCUT2D eigenvalue weighted by atomic mass is 32.2. The molecule has 3 aromatic rings. The first-order chi connectivity index (χ1) is 15.6. The summed E-state index contributed by atoms with van der Waals surface area (Å²) in [5.74, 6) is -2.29. The fraction of sp³-hybridized carbons (Fsp3) is 0.240. The van der Waals surface area contributed by atoms with Gasteiger partial charge in [0, 0.05) is 12.6 Å². The fourth-order valence-electron chi connectivity index (χ4n) is 3.83. The van der Waals surface area contributed by atoms with Crippen LogP contribution in [0.3, 0.4) is 0 Å². The Labute approximate surface area is 193 Å². The van der Waals surface area contributed by atoms with Gasteiger partial charge in [-0.1, -0.05) is 48.0 Å². The Bertz CT molecular complexity index is 1240. The molecular formula is C25H26F2N2O3S. The molecule has 0 heterocycles. The molecule has 3 aromatic carbocycles. The van der Waals surface area contributed by atoms with Crippen LogP contribution in [0.25, 0.3) is 0 Å². The van der Waals surface area contributed by atoms with E-state index >= 15 is 0 Å². The predicted octanol–water partition coefficient (Wildman–Crippen LogP) is 4.76. The first kappa shape index (κ1) is 24.5. The highest BCUT2D eigenvalue weighted by molar-refractivity contribution is 7.89. The van der Waals surface area contributed by atoms with Crippen LogP contribution in [0.2, 0.25) is 0 Å². The summed E-state index contributed by atoms with van der Waals surface area (Å²) in [7, 11) is -4.05. The summed E-state index contributed by atoms with van der Waals surface area (Å²) >= 11 is 0. The second-order valence-electron chi connectivity index (χ2n) is 7.97. The van der Waals surface area contributed by atoms with Gasteiger partial charge in [0.25, 0.3) is 0 Å². The lowest BCUT2D eigenvalue weighted by Crippen LogP contribution is -2.40. The lowest BCUT2D eigenvalue weighted by molar-refractivity contribution is -0.116. The van der Waals surface area contributed by atoms with E-state index in [9.17, 15) is 22.0 Å². The molecule has 0 saturated heterocycles. The molecule has 0 aliphatic rings. The smallest absolute Gasteiger partial charge is 0.244 e. The lowest BCUT2D eigenvalue weighted by atomic mass is 10.1. The molecule has 0 spiro atoms. The SMILES string of the molecule is Cc1cc(C)c(S(=O)(=O)N(CCc2ccccc2)CC(=O)Nc2cc(F)ccc2F)c(C)c1. The number of benzene rings is 3. The van der Waals surface area contributed by atoms with Gasteiger partial charge in [-0.05, 0) is 56.0 Å². The Hall–Kier alpha value is -3.10. The quantitative estimate of drug-likeness (QED) is 0.514. The Balaban J connectivity index is 1.92. The summed E-state index contributed by atoms with van der Waals surface area (Å²) < 4.78 is 55.8. The average molecular weight is 473 g/mol. The van der Waals surface area contributed by atoms with Gasteiger partial charge in [0.15, 0.2) is 0 Å². The Morgan fingerprint density at radius 2 is 1.58 bits per heavy atom. The summed E-state index contributed by atoms with van der Waals surface area (Å²) in [6.45, 7) is 4.80. The van der Waals surface area contributed by atoms with Gasteiger partial charge in [0.05, 0.1) is 17.1 Å². The zero-order valence-electron chi connectivity index (χ0n) is 18.7. The molecule has 0 fully saturated rings. The molecule has 5 nitrogen and oxygen atoms in total. The van der Waals surface area contributed by atoms with E-state index in [2.05, 4.69) is 5.32 Å². The van der Waals surface area contributed by atoms with Crippen molar-refractivity contribution < 1.29 is 22.0 Å². The number of halogens is 2. The summed E-state index contributed by atoms with van der Waals surface area (Å²) in [5.41, 5.74) is 2.65. The molecule has 0 atom stereocenters. The number of carbonyl (C=O) groups excluding carboxylic acids is 1. The third kappa shape index (κ3) is 6.03. The molecule has 0 saturated carbocycles. The number of anilines is 1. The zero-order valence-corrected chi connectivity index (χ0v) is 19.5. The van der Waals surface area contributed by atoms with Gasteiger partial charge in [-0.15, -0.1) is 0 Å². The Morgan fingerprint density at radius 1 is 0.939 bits per heavy atom. The molecule has 0 unspecified atom stereocenters. The van der Waals surface area contributed by atoms with Crippen molar-refractivity contribution >= 4 is 21.6 Å². The van der Waals surface area contributed by atoms with Crippen LogP contribution in [0.15, 0.2) is 65.6 Å². The van der Waals surface area contributed by atoms with E-state index in [0.29, 0.717) is 17.5 Å². The molecule has 1 amide bonds. The van der Waals surface area contributed by atoms with Crippen molar-refractivity contribution in [2.45, 2.75) is 32.1 Å². The van der Waals surface area contributed by atoms with Crippen LogP contribution < -0.4 is 5.32 Å². The minimum absolute atomic E-state index is 0.0398. The molecule has 0 aromatic heterocycles. The highest BCUT2D eigenvalue weighted by Crippen LogP contribution is 2.26. The molecule has 1 N–H and O–H groups in total. The molecule has 3 rings (SSSR count). The van der Waals surface area contributed by atoms with Crippen LogP contribution in [-0.4, -0.2) is 31.7 Å². The second kappa shape index (κ2) is 10.2. The van der Waals surface area contributed by atoms with E-state index in [4.69, 9.17) is 0 Å². The van der Waals surface area contributed by atoms with Gasteiger partial charge in [0.1, 0.15) is 11.6 Å². The van der Waals surface area contributed by atoms with Crippen molar-refractivity contribution in [3.63, 3.8) is 0 Å². The highest BCUT2D eigenvalue weighted by Gasteiger charge is 2.29. The van der Waals surface area contributed by atoms with Crippen molar-refractivity contribution in [2.24, 2.45) is 0 Å². The molecular weight excluding hydrogens is 446 g/mol. The summed E-state index contributed by atoms with van der Waals surface area (Å²) in [6, 6.07) is 15.5. The molecule has 0 bridgehead atoms. The van der Waals surface area contributed by atoms with Gasteiger partial charge in [-0.25, -0.2) is 17.2 Å². The van der Waals surface area contributed by atoms with Gasteiger partial charge < -0.3 is 5.32 Å². The van der Waals surface area contributed by atoms with Crippen LogP contribution in [-0.2, 0) is 21.2 Å². The van der Waals surface area contributed by atoms with E-state index in [1.807, 2.05) is 37.3 Å². The largest absolute Gasteiger partial charge is 0.322 e. The fourth-order valence-corrected chi connectivity index (χ4v) is 5.64. The van der Waals surface area contributed by atoms with Gasteiger partial charge in [-0.2, -0.15) is 4.31 Å². The summed E-state index contributed by atoms with van der Waals surface area (Å²) in [4.78, 5) is 12.8. The molecule has 0 aliphatic carbocycles. The Kier molecular flexibility index (Phi) is 7.61. The minimum atomic E-state index is -4.05. The van der Waals surface area contributed by atoms with Crippen LogP contribution in [0.5, 0.6) is 0 Å². The van der Waals surface area contributed by atoms with E-state index in [-0.39, 0.29) is 17.1 Å². The van der Waals surface area contributed by atoms with Crippen LogP contribution in [0.4, 0.5) is 14.5 Å². The maximum absolute atomic E-state index is 14.0. The van der Waals surface area contributed by atoms with Crippen LogP contribution in [0.1, 0.15) is 22.3 Å². The van der Waals surface area contributed by atoms with E-state index in [0.717, 1.165) is 33.6 Å². The van der Waals surface area contributed by atoms with Gasteiger partial charge in [0.2, 0.25) is 15.9 Å². The predicted molar refractivity (Wildman–Crippen MR) is 125 cm³/mol. The molecule has 0 aliphatic heterocycles. The maximum atomic E-state index is 14.0. The Morgan fingerprint density at radius 3 is 2.21 bits per heavy atom. The number of rotatable bonds is 8. The molecule has 8 heteroatoms. The number of amides is 1. The number of aryl methyl sites for hydroxylation is 3. The maximum Gasteiger partial charge on any atom is 0.244 e. The summed E-state index contributed by atoms with van der Waals surface area (Å²) in [5, 5.41) is 2.28. The van der Waals surface area contributed by atoms with E-state index in [1.54, 1.807) is 26.0 Å². The van der Waals surface area contributed by atoms with Crippen LogP contribution in [0, 0.1) is 32.4 Å². The monoisotopic (exact) mass is 472 g/mol. The summed E-state index contributed by atoms with van der Waals surface area (Å²) in [6.07, 6.45) is 0.381. The first-order valence-electron chi connectivity index (χ1n) is 10.4. The van der Waals surface area contributed by atoms with E-state index in [1.165, 1.54) is 0 Å². The van der Waals surface area contributed by atoms with Crippen molar-refractivity contribution in [1.29, 1.82) is 0 Å². The molecule has 0 radical (unpaired) electrons. The number of sulfonamides is 1. The van der Waals surface area contributed by atoms with Gasteiger partial charge in [-0.3, -0.25) is 4.79 Å². The van der Waals surface area contributed by atoms with Crippen molar-refractivity contribution in [2.75, 3.05) is 18.4 Å². The number of hydrogen-bond donors (Lipinski definition) is 1. The first-order valence-corrected chi connectivity index (χ1v) is 11.9. The van der Waals surface area contributed by atoms with Crippen molar-refractivity contribution in [3.05, 3.63) is 94.6 Å². The van der Waals surface area contributed by atoms with Gasteiger partial charge >= 0.3 is 0 Å². The van der Waals surface area contributed by atoms with Crippen molar-refractivity contribution in [1.82, 2.24) is 4.31 Å². The molecule has 33 heavy (non-hydrogen) atoms. The lowest BCUT2D eigenvalue weighted by Gasteiger charge is -2.24. The second-order valence-corrected chi connectivity index (χ2v) is 9.85. The normalized spacial score (nSPS) is 11.6. The topological polar surface area (TPSA) is 66.5 Å². The number of nitrogens with zero attached hydrogens (tertiary/aromatic N) is 1. The minimum Gasteiger partial charge on any atom is -0.322 e. The van der Waals surface area contributed by atoms with E-state index < -0.39 is 34.1 Å². The third-order valence-corrected chi connectivity index (χ3v) is 7.37. The van der Waals surface area contributed by atoms with Crippen LogP contribution >= 0.6 is 0 Å². The number of hydrogen-bond acceptors (Lipinski definition) is 3. The standard InChI is InChI=1S/C25H26F2N2O3S/c1-17-13-18(2)25(19(3)14-17)33(31,32)29(12-11-20-7-5-4-6-8-20)16-24(30)28-23-15-21(26)9-10-22(23)27/h4-10,13-15H,11-12,16H2,1-3H3,(H,28,30). The third-order valence-electron chi connectivity index (χ3n) is 5.22.